The number of hydrogen-bond donors (Lipinski definition) is 1. The summed E-state index contributed by atoms with van der Waals surface area (Å²) in [7, 11) is -0.176. The van der Waals surface area contributed by atoms with Crippen LogP contribution < -0.4 is 14.8 Å². The number of ether oxygens (including phenoxy) is 4. The van der Waals surface area contributed by atoms with Crippen molar-refractivity contribution in [1.82, 2.24) is 0 Å². The highest BCUT2D eigenvalue weighted by Gasteiger charge is 2.31. The molecular weight excluding hydrogens is 587 g/mol. The summed E-state index contributed by atoms with van der Waals surface area (Å²) in [5.74, 6) is 1.52. The number of carbonyl (C=O) groups is 1. The maximum absolute atomic E-state index is 13.4. The Hall–Kier alpha value is -2.96. The fraction of sp³-hybridized carbons (Fsp3) is 0.457. The Morgan fingerprint density at radius 2 is 1.45 bits per heavy atom. The van der Waals surface area contributed by atoms with E-state index in [1.54, 1.807) is 14.2 Å². The van der Waals surface area contributed by atoms with Crippen LogP contribution in [-0.2, 0) is 31.6 Å². The van der Waals surface area contributed by atoms with Gasteiger partial charge in [-0.2, -0.15) is 0 Å². The molecule has 0 aliphatic rings. The molecule has 3 aromatic carbocycles. The Morgan fingerprint density at radius 1 is 0.795 bits per heavy atom. The maximum Gasteiger partial charge on any atom is 0.173 e. The van der Waals surface area contributed by atoms with Crippen LogP contribution in [0.1, 0.15) is 30.4 Å². The van der Waals surface area contributed by atoms with Crippen LogP contribution in [-0.4, -0.2) is 55.4 Å². The van der Waals surface area contributed by atoms with E-state index in [0.717, 1.165) is 47.2 Å². The Morgan fingerprint density at radius 3 is 2.11 bits per heavy atom. The van der Waals surface area contributed by atoms with Crippen molar-refractivity contribution >= 4 is 28.1 Å². The number of hydrogen-bond acceptors (Lipinski definition) is 7. The van der Waals surface area contributed by atoms with E-state index in [9.17, 15) is 4.79 Å². The highest BCUT2D eigenvalue weighted by molar-refractivity contribution is 6.84. The van der Waals surface area contributed by atoms with Crippen molar-refractivity contribution in [1.29, 1.82) is 0 Å². The van der Waals surface area contributed by atoms with Gasteiger partial charge in [-0.1, -0.05) is 61.0 Å². The minimum absolute atomic E-state index is 0.0102. The molecule has 0 heterocycles. The second-order valence-electron chi connectivity index (χ2n) is 12.7. The number of anilines is 1. The largest absolute Gasteiger partial charge is 0.497 e. The van der Waals surface area contributed by atoms with Crippen LogP contribution >= 0.6 is 0 Å². The van der Waals surface area contributed by atoms with E-state index in [4.69, 9.17) is 23.1 Å². The van der Waals surface area contributed by atoms with Crippen LogP contribution in [0.5, 0.6) is 11.5 Å². The molecule has 0 saturated carbocycles. The average Bonchev–Trinajstić information content (AvgIpc) is 2.98. The number of para-hydroxylation sites is 2. The molecule has 0 radical (unpaired) electrons. The van der Waals surface area contributed by atoms with Crippen molar-refractivity contribution in [2.45, 2.75) is 83.4 Å². The molecule has 2 unspecified atom stereocenters. The first-order valence-electron chi connectivity index (χ1n) is 15.5. The SMILES string of the molecule is COc1ccc(COCC(=O)CC(Nc2ccccc2OC)C(CCC[Si](C)(C)O[Si](C)(C)C)OCc2ccccc2)cc1. The van der Waals surface area contributed by atoms with Gasteiger partial charge >= 0.3 is 0 Å². The van der Waals surface area contributed by atoms with E-state index in [-0.39, 0.29) is 31.0 Å². The van der Waals surface area contributed by atoms with Gasteiger partial charge in [-0.25, -0.2) is 0 Å². The van der Waals surface area contributed by atoms with E-state index in [1.165, 1.54) is 0 Å². The van der Waals surface area contributed by atoms with Gasteiger partial charge in [-0.3, -0.25) is 4.79 Å². The Bertz CT molecular complexity index is 1260. The van der Waals surface area contributed by atoms with Gasteiger partial charge in [-0.15, -0.1) is 0 Å². The third-order valence-corrected chi connectivity index (χ3v) is 13.4. The molecule has 44 heavy (non-hydrogen) atoms. The first-order valence-corrected chi connectivity index (χ1v) is 22.0. The van der Waals surface area contributed by atoms with Crippen LogP contribution in [0.25, 0.3) is 0 Å². The fourth-order valence-corrected chi connectivity index (χ4v) is 13.4. The van der Waals surface area contributed by atoms with E-state index < -0.39 is 16.6 Å². The molecule has 2 atom stereocenters. The average molecular weight is 638 g/mol. The van der Waals surface area contributed by atoms with Crippen LogP contribution in [0, 0.1) is 0 Å². The van der Waals surface area contributed by atoms with Gasteiger partial charge in [0.15, 0.2) is 22.4 Å². The predicted molar refractivity (Wildman–Crippen MR) is 184 cm³/mol. The summed E-state index contributed by atoms with van der Waals surface area (Å²) < 4.78 is 29.9. The Balaban J connectivity index is 1.76. The van der Waals surface area contributed by atoms with Gasteiger partial charge in [0.25, 0.3) is 0 Å². The Labute approximate surface area is 266 Å². The molecule has 0 aliphatic heterocycles. The van der Waals surface area contributed by atoms with E-state index in [2.05, 4.69) is 50.2 Å². The topological polar surface area (TPSA) is 75.3 Å². The van der Waals surface area contributed by atoms with Crippen molar-refractivity contribution in [3.8, 4) is 11.5 Å². The van der Waals surface area contributed by atoms with Crippen molar-refractivity contribution in [3.63, 3.8) is 0 Å². The standard InChI is InChI=1S/C35H51NO6Si2/c1-38-31-21-19-29(20-22-31)25-40-27-30(37)24-33(36-32-16-11-12-17-34(32)39-2)35(41-26-28-14-9-8-10-15-28)18-13-23-44(6,7)42-43(3,4)5/h8-12,14-17,19-22,33,35-36H,13,18,23-27H2,1-7H3. The highest BCUT2D eigenvalue weighted by Crippen LogP contribution is 2.28. The summed E-state index contributed by atoms with van der Waals surface area (Å²) in [6, 6.07) is 26.4. The van der Waals surface area contributed by atoms with Crippen LogP contribution in [0.4, 0.5) is 5.69 Å². The molecule has 7 nitrogen and oxygen atoms in total. The van der Waals surface area contributed by atoms with E-state index in [1.807, 2.05) is 66.7 Å². The smallest absolute Gasteiger partial charge is 0.173 e. The first-order chi connectivity index (χ1) is 21.0. The molecule has 9 heteroatoms. The third kappa shape index (κ3) is 13.0. The molecule has 0 aromatic heterocycles. The number of benzene rings is 3. The Kier molecular flexibility index (Phi) is 14.1. The molecule has 240 valence electrons. The lowest BCUT2D eigenvalue weighted by Gasteiger charge is -2.33. The lowest BCUT2D eigenvalue weighted by molar-refractivity contribution is -0.125. The number of methoxy groups -OCH3 is 2. The molecule has 0 saturated heterocycles. The lowest BCUT2D eigenvalue weighted by atomic mass is 9.99. The number of carbonyl (C=O) groups excluding carboxylic acids is 1. The van der Waals surface area contributed by atoms with Crippen molar-refractivity contribution in [2.75, 3.05) is 26.1 Å². The molecular formula is C35H51NO6Si2. The van der Waals surface area contributed by atoms with Gasteiger partial charge in [0.2, 0.25) is 0 Å². The zero-order valence-electron chi connectivity index (χ0n) is 27.6. The van der Waals surface area contributed by atoms with Crippen molar-refractivity contribution < 1.29 is 27.9 Å². The van der Waals surface area contributed by atoms with E-state index in [0.29, 0.717) is 13.2 Å². The molecule has 0 bridgehead atoms. The zero-order valence-corrected chi connectivity index (χ0v) is 29.6. The maximum atomic E-state index is 13.4. The second-order valence-corrected chi connectivity index (χ2v) is 21.8. The number of ketones is 1. The summed E-state index contributed by atoms with van der Waals surface area (Å²) >= 11 is 0. The first kappa shape index (κ1) is 35.5. The summed E-state index contributed by atoms with van der Waals surface area (Å²) in [6.45, 7) is 12.2. The number of nitrogens with one attached hydrogen (secondary N) is 1. The molecule has 1 N–H and O–H groups in total. The summed E-state index contributed by atoms with van der Waals surface area (Å²) in [6.07, 6.45) is 1.79. The highest BCUT2D eigenvalue weighted by atomic mass is 28.4. The van der Waals surface area contributed by atoms with Crippen molar-refractivity contribution in [2.24, 2.45) is 0 Å². The van der Waals surface area contributed by atoms with Gasteiger partial charge in [0.05, 0.1) is 45.3 Å². The lowest BCUT2D eigenvalue weighted by Crippen LogP contribution is -2.42. The predicted octanol–water partition coefficient (Wildman–Crippen LogP) is 8.08. The monoisotopic (exact) mass is 637 g/mol. The molecule has 3 aromatic rings. The molecule has 0 amide bonds. The molecule has 0 aliphatic carbocycles. The number of rotatable bonds is 20. The van der Waals surface area contributed by atoms with Gasteiger partial charge in [-0.05, 0) is 80.6 Å². The quantitative estimate of drug-likeness (QED) is 0.126. The zero-order chi connectivity index (χ0) is 32.0. The van der Waals surface area contributed by atoms with Crippen molar-refractivity contribution in [3.05, 3.63) is 90.0 Å². The normalized spacial score (nSPS) is 13.2. The fourth-order valence-electron chi connectivity index (χ4n) is 5.33. The third-order valence-electron chi connectivity index (χ3n) is 7.19. The van der Waals surface area contributed by atoms with Crippen LogP contribution in [0.2, 0.25) is 38.8 Å². The number of Topliss-reactive ketones (excluding diaryl/α,β-unsaturated/α-hetero) is 1. The summed E-state index contributed by atoms with van der Waals surface area (Å²) in [4.78, 5) is 13.4. The van der Waals surface area contributed by atoms with Gasteiger partial charge in [0, 0.05) is 6.42 Å². The molecule has 3 rings (SSSR count). The van der Waals surface area contributed by atoms with Crippen LogP contribution in [0.15, 0.2) is 78.9 Å². The minimum Gasteiger partial charge on any atom is -0.497 e. The summed E-state index contributed by atoms with van der Waals surface area (Å²) in [5, 5.41) is 3.62. The van der Waals surface area contributed by atoms with Gasteiger partial charge < -0.3 is 28.4 Å². The second kappa shape index (κ2) is 17.5. The molecule has 0 fully saturated rings. The molecule has 0 spiro atoms. The summed E-state index contributed by atoms with van der Waals surface area (Å²) in [5.41, 5.74) is 2.91. The van der Waals surface area contributed by atoms with Gasteiger partial charge in [0.1, 0.15) is 18.1 Å². The van der Waals surface area contributed by atoms with Crippen LogP contribution in [0.3, 0.4) is 0 Å². The minimum atomic E-state index is -1.83. The van der Waals surface area contributed by atoms with E-state index >= 15 is 0 Å².